The molecule has 0 aliphatic carbocycles. The molecule has 0 fully saturated rings. The zero-order chi connectivity index (χ0) is 16.1. The minimum atomic E-state index is -0.426. The minimum Gasteiger partial charge on any atom is -0.497 e. The summed E-state index contributed by atoms with van der Waals surface area (Å²) in [6.45, 7) is 0.147. The Hall–Kier alpha value is -3.15. The number of nitrogens with zero attached hydrogens (tertiary/aromatic N) is 2. The van der Waals surface area contributed by atoms with Crippen LogP contribution in [-0.2, 0) is 11.3 Å². The Morgan fingerprint density at radius 2 is 2.13 bits per heavy atom. The fourth-order valence-electron chi connectivity index (χ4n) is 2.16. The topological polar surface area (TPSA) is 77.1 Å². The van der Waals surface area contributed by atoms with E-state index >= 15 is 0 Å². The maximum Gasteiger partial charge on any atom is 0.341 e. The summed E-state index contributed by atoms with van der Waals surface area (Å²) in [7, 11) is 1.60. The van der Waals surface area contributed by atoms with Crippen LogP contribution in [0.1, 0.15) is 15.9 Å². The minimum absolute atomic E-state index is 0.147. The molecule has 0 unspecified atom stereocenters. The highest BCUT2D eigenvalue weighted by Gasteiger charge is 2.10. The van der Waals surface area contributed by atoms with Crippen LogP contribution in [0.4, 0.5) is 0 Å². The molecule has 23 heavy (non-hydrogen) atoms. The lowest BCUT2D eigenvalue weighted by Crippen LogP contribution is -2.04. The largest absolute Gasteiger partial charge is 0.497 e. The summed E-state index contributed by atoms with van der Waals surface area (Å²) in [5, 5.41) is 6.31. The summed E-state index contributed by atoms with van der Waals surface area (Å²) in [5.41, 5.74) is 3.14. The molecule has 0 saturated carbocycles. The zero-order valence-corrected chi connectivity index (χ0v) is 12.5. The molecule has 6 heteroatoms. The molecular formula is C17H15N3O3. The number of carbonyl (C=O) groups excluding carboxylic acids is 1. The van der Waals surface area contributed by atoms with Gasteiger partial charge in [0.15, 0.2) is 0 Å². The van der Waals surface area contributed by atoms with Crippen LogP contribution in [-0.4, -0.2) is 28.3 Å². The van der Waals surface area contributed by atoms with Gasteiger partial charge in [-0.15, -0.1) is 0 Å². The van der Waals surface area contributed by atoms with Crippen molar-refractivity contribution in [2.24, 2.45) is 0 Å². The summed E-state index contributed by atoms with van der Waals surface area (Å²) in [5.74, 6) is 0.269. The maximum atomic E-state index is 11.9. The van der Waals surface area contributed by atoms with Gasteiger partial charge in [-0.2, -0.15) is 5.10 Å². The second-order valence-electron chi connectivity index (χ2n) is 4.87. The third-order valence-electron chi connectivity index (χ3n) is 3.30. The van der Waals surface area contributed by atoms with E-state index in [1.165, 1.54) is 12.4 Å². The summed E-state index contributed by atoms with van der Waals surface area (Å²) in [6, 6.07) is 9.53. The predicted octanol–water partition coefficient (Wildman–Crippen LogP) is 2.84. The van der Waals surface area contributed by atoms with Gasteiger partial charge in [0, 0.05) is 24.2 Å². The van der Waals surface area contributed by atoms with E-state index in [1.807, 2.05) is 30.3 Å². The molecule has 6 nitrogen and oxygen atoms in total. The van der Waals surface area contributed by atoms with Gasteiger partial charge in [-0.25, -0.2) is 4.79 Å². The number of H-pyrrole nitrogens is 1. The van der Waals surface area contributed by atoms with Crippen LogP contribution in [0.2, 0.25) is 0 Å². The number of esters is 1. The molecule has 116 valence electrons. The van der Waals surface area contributed by atoms with Crippen LogP contribution in [0.15, 0.2) is 55.1 Å². The maximum absolute atomic E-state index is 11.9. The number of nitrogens with one attached hydrogen (secondary N) is 1. The summed E-state index contributed by atoms with van der Waals surface area (Å²) in [4.78, 5) is 16.0. The average Bonchev–Trinajstić information content (AvgIpc) is 3.15. The molecule has 3 aromatic rings. The number of aromatic amines is 1. The van der Waals surface area contributed by atoms with Crippen molar-refractivity contribution < 1.29 is 14.3 Å². The van der Waals surface area contributed by atoms with Gasteiger partial charge in [-0.1, -0.05) is 6.07 Å². The smallest absolute Gasteiger partial charge is 0.341 e. The van der Waals surface area contributed by atoms with Gasteiger partial charge in [-0.3, -0.25) is 10.1 Å². The van der Waals surface area contributed by atoms with E-state index in [0.29, 0.717) is 11.3 Å². The van der Waals surface area contributed by atoms with E-state index in [4.69, 9.17) is 9.47 Å². The third-order valence-corrected chi connectivity index (χ3v) is 3.30. The Morgan fingerprint density at radius 3 is 2.83 bits per heavy atom. The van der Waals surface area contributed by atoms with Crippen molar-refractivity contribution in [3.63, 3.8) is 0 Å². The lowest BCUT2D eigenvalue weighted by molar-refractivity contribution is 0.0472. The van der Waals surface area contributed by atoms with Crippen LogP contribution >= 0.6 is 0 Å². The Kier molecular flexibility index (Phi) is 4.33. The molecule has 2 aromatic heterocycles. The van der Waals surface area contributed by atoms with Gasteiger partial charge in [0.25, 0.3) is 0 Å². The molecule has 0 atom stereocenters. The van der Waals surface area contributed by atoms with Gasteiger partial charge in [0.1, 0.15) is 12.4 Å². The van der Waals surface area contributed by atoms with Crippen molar-refractivity contribution in [2.75, 3.05) is 7.11 Å². The first-order chi connectivity index (χ1) is 11.3. The standard InChI is InChI=1S/C17H15N3O3/c1-22-16-6-12(11-23-17(21)15-9-19-20-10-15)5-14(7-16)13-3-2-4-18-8-13/h2-10H,11H2,1H3,(H,19,20). The van der Waals surface area contributed by atoms with Crippen molar-refractivity contribution in [1.82, 2.24) is 15.2 Å². The number of benzene rings is 1. The molecule has 3 rings (SSSR count). The Morgan fingerprint density at radius 1 is 1.22 bits per heavy atom. The fourth-order valence-corrected chi connectivity index (χ4v) is 2.16. The van der Waals surface area contributed by atoms with Gasteiger partial charge >= 0.3 is 5.97 Å². The zero-order valence-electron chi connectivity index (χ0n) is 12.5. The lowest BCUT2D eigenvalue weighted by Gasteiger charge is -2.09. The van der Waals surface area contributed by atoms with Crippen LogP contribution in [0.5, 0.6) is 5.75 Å². The Labute approximate surface area is 133 Å². The van der Waals surface area contributed by atoms with Crippen molar-refractivity contribution in [3.8, 4) is 16.9 Å². The monoisotopic (exact) mass is 309 g/mol. The van der Waals surface area contributed by atoms with Gasteiger partial charge in [0.2, 0.25) is 0 Å². The predicted molar refractivity (Wildman–Crippen MR) is 83.9 cm³/mol. The van der Waals surface area contributed by atoms with Crippen molar-refractivity contribution >= 4 is 5.97 Å². The molecule has 0 saturated heterocycles. The first-order valence-electron chi connectivity index (χ1n) is 7.00. The summed E-state index contributed by atoms with van der Waals surface area (Å²) in [6.07, 6.45) is 6.41. The van der Waals surface area contributed by atoms with E-state index < -0.39 is 5.97 Å². The second-order valence-corrected chi connectivity index (χ2v) is 4.87. The van der Waals surface area contributed by atoms with E-state index in [1.54, 1.807) is 19.5 Å². The molecule has 0 aliphatic heterocycles. The van der Waals surface area contributed by atoms with Gasteiger partial charge in [0.05, 0.1) is 18.9 Å². The molecule has 2 heterocycles. The molecule has 0 bridgehead atoms. The molecule has 0 radical (unpaired) electrons. The SMILES string of the molecule is COc1cc(COC(=O)c2cn[nH]c2)cc(-c2cccnc2)c1. The highest BCUT2D eigenvalue weighted by Crippen LogP contribution is 2.26. The molecular weight excluding hydrogens is 294 g/mol. The first kappa shape index (κ1) is 14.8. The van der Waals surface area contributed by atoms with E-state index in [9.17, 15) is 4.79 Å². The van der Waals surface area contributed by atoms with Crippen molar-refractivity contribution in [1.29, 1.82) is 0 Å². The van der Waals surface area contributed by atoms with Crippen LogP contribution in [0.25, 0.3) is 11.1 Å². The first-order valence-corrected chi connectivity index (χ1v) is 7.00. The van der Waals surface area contributed by atoms with Gasteiger partial charge in [-0.05, 0) is 35.4 Å². The highest BCUT2D eigenvalue weighted by atomic mass is 16.5. The lowest BCUT2D eigenvalue weighted by atomic mass is 10.0. The number of pyridine rings is 1. The number of carbonyl (C=O) groups is 1. The normalized spacial score (nSPS) is 10.3. The molecule has 1 N–H and O–H groups in total. The third kappa shape index (κ3) is 3.55. The molecule has 0 amide bonds. The molecule has 0 spiro atoms. The number of methoxy groups -OCH3 is 1. The highest BCUT2D eigenvalue weighted by molar-refractivity contribution is 5.88. The van der Waals surface area contributed by atoms with Crippen molar-refractivity contribution in [2.45, 2.75) is 6.61 Å². The van der Waals surface area contributed by atoms with Crippen LogP contribution < -0.4 is 4.74 Å². The van der Waals surface area contributed by atoms with E-state index in [2.05, 4.69) is 15.2 Å². The molecule has 1 aromatic carbocycles. The number of hydrogen-bond donors (Lipinski definition) is 1. The number of rotatable bonds is 5. The number of ether oxygens (including phenoxy) is 2. The van der Waals surface area contributed by atoms with Gasteiger partial charge < -0.3 is 9.47 Å². The second kappa shape index (κ2) is 6.74. The van der Waals surface area contributed by atoms with Crippen LogP contribution in [0.3, 0.4) is 0 Å². The van der Waals surface area contributed by atoms with Crippen LogP contribution in [0, 0.1) is 0 Å². The molecule has 0 aliphatic rings. The Balaban J connectivity index is 1.80. The quantitative estimate of drug-likeness (QED) is 0.733. The summed E-state index contributed by atoms with van der Waals surface area (Å²) >= 11 is 0. The van der Waals surface area contributed by atoms with E-state index in [0.717, 1.165) is 16.7 Å². The van der Waals surface area contributed by atoms with Crippen molar-refractivity contribution in [3.05, 3.63) is 66.2 Å². The summed E-state index contributed by atoms with van der Waals surface area (Å²) < 4.78 is 10.6. The number of hydrogen-bond acceptors (Lipinski definition) is 5. The number of aromatic nitrogens is 3. The Bertz CT molecular complexity index is 786. The average molecular weight is 309 g/mol. The fraction of sp³-hybridized carbons (Fsp3) is 0.118. The van der Waals surface area contributed by atoms with E-state index in [-0.39, 0.29) is 6.61 Å².